The molecule has 23 heavy (non-hydrogen) atoms. The Balaban J connectivity index is 1.79. The minimum absolute atomic E-state index is 0.183. The van der Waals surface area contributed by atoms with Gasteiger partial charge in [0.2, 0.25) is 6.23 Å². The Morgan fingerprint density at radius 2 is 2.00 bits per heavy atom. The van der Waals surface area contributed by atoms with Crippen LogP contribution in [0.15, 0.2) is 48.5 Å². The van der Waals surface area contributed by atoms with Gasteiger partial charge in [0.1, 0.15) is 10.9 Å². The van der Waals surface area contributed by atoms with Crippen molar-refractivity contribution in [2.45, 2.75) is 13.2 Å². The average Bonchev–Trinajstić information content (AvgIpc) is 2.54. The van der Waals surface area contributed by atoms with Crippen LogP contribution in [0.3, 0.4) is 0 Å². The zero-order valence-corrected chi connectivity index (χ0v) is 13.1. The van der Waals surface area contributed by atoms with E-state index in [9.17, 15) is 4.79 Å². The van der Waals surface area contributed by atoms with Crippen LogP contribution in [-0.4, -0.2) is 10.9 Å². The molecule has 1 atom stereocenters. The molecule has 1 amide bonds. The Bertz CT molecular complexity index is 939. The van der Waals surface area contributed by atoms with E-state index >= 15 is 0 Å². The maximum absolute atomic E-state index is 12.2. The second kappa shape index (κ2) is 5.25. The Morgan fingerprint density at radius 1 is 1.17 bits per heavy atom. The standard InChI is InChI=1S/C18H13ClN2O2/c1-10-6-7-11-9-13(16(19)20-14(11)8-10)18-21-17(22)12-4-2-3-5-15(12)23-18/h2-9,18H,1H3,(H,21,22)/t18-/m0/s1. The zero-order chi connectivity index (χ0) is 16.0. The summed E-state index contributed by atoms with van der Waals surface area (Å²) in [5.74, 6) is 0.359. The molecule has 4 nitrogen and oxygen atoms in total. The molecule has 0 unspecified atom stereocenters. The van der Waals surface area contributed by atoms with E-state index in [2.05, 4.69) is 10.3 Å². The number of hydrogen-bond acceptors (Lipinski definition) is 3. The second-order valence-corrected chi connectivity index (χ2v) is 5.89. The number of pyridine rings is 1. The highest BCUT2D eigenvalue weighted by molar-refractivity contribution is 6.30. The molecule has 2 heterocycles. The normalized spacial score (nSPS) is 16.6. The van der Waals surface area contributed by atoms with Gasteiger partial charge >= 0.3 is 0 Å². The van der Waals surface area contributed by atoms with Crippen LogP contribution in [0.4, 0.5) is 0 Å². The molecule has 0 saturated carbocycles. The van der Waals surface area contributed by atoms with Crippen molar-refractivity contribution in [3.05, 3.63) is 70.4 Å². The van der Waals surface area contributed by atoms with Crippen molar-refractivity contribution in [1.82, 2.24) is 10.3 Å². The fraction of sp³-hybridized carbons (Fsp3) is 0.111. The largest absolute Gasteiger partial charge is 0.465 e. The van der Waals surface area contributed by atoms with Crippen molar-refractivity contribution in [3.8, 4) is 5.75 Å². The van der Waals surface area contributed by atoms with Crippen molar-refractivity contribution in [2.75, 3.05) is 0 Å². The second-order valence-electron chi connectivity index (χ2n) is 5.53. The van der Waals surface area contributed by atoms with Gasteiger partial charge in [-0.3, -0.25) is 4.79 Å². The van der Waals surface area contributed by atoms with Crippen LogP contribution < -0.4 is 10.1 Å². The Morgan fingerprint density at radius 3 is 2.87 bits per heavy atom. The fourth-order valence-corrected chi connectivity index (χ4v) is 2.95. The van der Waals surface area contributed by atoms with Gasteiger partial charge in [-0.1, -0.05) is 35.9 Å². The highest BCUT2D eigenvalue weighted by Gasteiger charge is 2.28. The maximum Gasteiger partial charge on any atom is 0.258 e. The molecular formula is C18H13ClN2O2. The summed E-state index contributed by atoms with van der Waals surface area (Å²) in [6.07, 6.45) is -0.650. The molecule has 2 aromatic carbocycles. The number of benzene rings is 2. The molecule has 0 spiro atoms. The van der Waals surface area contributed by atoms with Gasteiger partial charge in [-0.25, -0.2) is 4.98 Å². The van der Waals surface area contributed by atoms with Crippen molar-refractivity contribution in [3.63, 3.8) is 0 Å². The molecule has 0 radical (unpaired) electrons. The number of nitrogens with zero attached hydrogens (tertiary/aromatic N) is 1. The molecule has 1 aromatic heterocycles. The predicted molar refractivity (Wildman–Crippen MR) is 88.8 cm³/mol. The van der Waals surface area contributed by atoms with E-state index in [1.165, 1.54) is 0 Å². The van der Waals surface area contributed by atoms with Crippen molar-refractivity contribution in [1.29, 1.82) is 0 Å². The topological polar surface area (TPSA) is 51.2 Å². The number of carbonyl (C=O) groups excluding carboxylic acids is 1. The first-order chi connectivity index (χ1) is 11.1. The number of rotatable bonds is 1. The highest BCUT2D eigenvalue weighted by Crippen LogP contribution is 2.32. The molecule has 1 aliphatic heterocycles. The first-order valence-electron chi connectivity index (χ1n) is 7.25. The van der Waals surface area contributed by atoms with E-state index in [0.717, 1.165) is 16.5 Å². The summed E-state index contributed by atoms with van der Waals surface area (Å²) in [7, 11) is 0. The van der Waals surface area contributed by atoms with E-state index < -0.39 is 6.23 Å². The van der Waals surface area contributed by atoms with E-state index in [0.29, 0.717) is 22.0 Å². The molecule has 114 valence electrons. The van der Waals surface area contributed by atoms with Crippen molar-refractivity contribution >= 4 is 28.4 Å². The quantitative estimate of drug-likeness (QED) is 0.688. The van der Waals surface area contributed by atoms with Gasteiger partial charge in [0, 0.05) is 5.39 Å². The van der Waals surface area contributed by atoms with E-state index in [1.54, 1.807) is 18.2 Å². The van der Waals surface area contributed by atoms with Gasteiger partial charge < -0.3 is 10.1 Å². The highest BCUT2D eigenvalue weighted by atomic mass is 35.5. The summed E-state index contributed by atoms with van der Waals surface area (Å²) in [6.45, 7) is 2.00. The number of ether oxygens (including phenoxy) is 1. The van der Waals surface area contributed by atoms with E-state index in [4.69, 9.17) is 16.3 Å². The molecule has 5 heteroatoms. The molecule has 1 N–H and O–H groups in total. The third-order valence-electron chi connectivity index (χ3n) is 3.87. The molecule has 1 aliphatic rings. The molecular weight excluding hydrogens is 312 g/mol. The summed E-state index contributed by atoms with van der Waals surface area (Å²) in [5, 5.41) is 4.10. The molecule has 3 aromatic rings. The number of para-hydroxylation sites is 1. The van der Waals surface area contributed by atoms with Crippen LogP contribution in [0.1, 0.15) is 27.7 Å². The smallest absolute Gasteiger partial charge is 0.258 e. The summed E-state index contributed by atoms with van der Waals surface area (Å²) in [6, 6.07) is 15.0. The fourth-order valence-electron chi connectivity index (χ4n) is 2.71. The number of aryl methyl sites for hydroxylation is 1. The lowest BCUT2D eigenvalue weighted by Crippen LogP contribution is -2.37. The molecule has 0 aliphatic carbocycles. The van der Waals surface area contributed by atoms with Crippen molar-refractivity contribution < 1.29 is 9.53 Å². The van der Waals surface area contributed by atoms with Crippen molar-refractivity contribution in [2.24, 2.45) is 0 Å². The number of fused-ring (bicyclic) bond motifs is 2. The number of aromatic nitrogens is 1. The lowest BCUT2D eigenvalue weighted by Gasteiger charge is -2.27. The number of nitrogens with one attached hydrogen (secondary N) is 1. The molecule has 0 fully saturated rings. The Labute approximate surface area is 138 Å². The summed E-state index contributed by atoms with van der Waals surface area (Å²) in [5.41, 5.74) is 3.10. The van der Waals surface area contributed by atoms with Gasteiger partial charge in [-0.05, 0) is 36.8 Å². The van der Waals surface area contributed by atoms with Crippen LogP contribution in [0.5, 0.6) is 5.75 Å². The first kappa shape index (κ1) is 14.0. The first-order valence-corrected chi connectivity index (χ1v) is 7.63. The molecule has 4 rings (SSSR count). The third kappa shape index (κ3) is 2.41. The Kier molecular flexibility index (Phi) is 3.20. The lowest BCUT2D eigenvalue weighted by molar-refractivity contribution is 0.0756. The number of halogens is 1. The average molecular weight is 325 g/mol. The van der Waals surface area contributed by atoms with Gasteiger partial charge in [0.25, 0.3) is 5.91 Å². The lowest BCUT2D eigenvalue weighted by atomic mass is 10.1. The van der Waals surface area contributed by atoms with Gasteiger partial charge in [-0.15, -0.1) is 0 Å². The van der Waals surface area contributed by atoms with Crippen LogP contribution >= 0.6 is 11.6 Å². The van der Waals surface area contributed by atoms with Gasteiger partial charge in [0.15, 0.2) is 0 Å². The molecule has 0 saturated heterocycles. The maximum atomic E-state index is 12.2. The minimum Gasteiger partial charge on any atom is -0.465 e. The Hall–Kier alpha value is -2.59. The third-order valence-corrected chi connectivity index (χ3v) is 4.18. The molecule has 0 bridgehead atoms. The zero-order valence-electron chi connectivity index (χ0n) is 12.3. The van der Waals surface area contributed by atoms with Crippen LogP contribution in [-0.2, 0) is 0 Å². The van der Waals surface area contributed by atoms with E-state index in [1.807, 2.05) is 37.3 Å². The minimum atomic E-state index is -0.650. The number of amides is 1. The summed E-state index contributed by atoms with van der Waals surface area (Å²) < 4.78 is 5.89. The van der Waals surface area contributed by atoms with Gasteiger partial charge in [0.05, 0.1) is 16.6 Å². The number of carbonyl (C=O) groups is 1. The van der Waals surface area contributed by atoms with Crippen LogP contribution in [0, 0.1) is 6.92 Å². The SMILES string of the molecule is Cc1ccc2cc([C@H]3NC(=O)c4ccccc4O3)c(Cl)nc2c1. The van der Waals surface area contributed by atoms with E-state index in [-0.39, 0.29) is 5.91 Å². The monoisotopic (exact) mass is 324 g/mol. The summed E-state index contributed by atoms with van der Waals surface area (Å²) in [4.78, 5) is 16.7. The number of hydrogen-bond donors (Lipinski definition) is 1. The summed E-state index contributed by atoms with van der Waals surface area (Å²) >= 11 is 6.32. The van der Waals surface area contributed by atoms with Crippen LogP contribution in [0.25, 0.3) is 10.9 Å². The predicted octanol–water partition coefficient (Wildman–Crippen LogP) is 4.02. The van der Waals surface area contributed by atoms with Gasteiger partial charge in [-0.2, -0.15) is 0 Å². The van der Waals surface area contributed by atoms with Crippen LogP contribution in [0.2, 0.25) is 5.15 Å².